The van der Waals surface area contributed by atoms with Gasteiger partial charge >= 0.3 is 0 Å². The molecule has 0 radical (unpaired) electrons. The van der Waals surface area contributed by atoms with E-state index in [0.717, 1.165) is 0 Å². The van der Waals surface area contributed by atoms with Gasteiger partial charge in [-0.1, -0.05) is 12.1 Å². The van der Waals surface area contributed by atoms with Crippen molar-refractivity contribution in [3.63, 3.8) is 0 Å². The van der Waals surface area contributed by atoms with Gasteiger partial charge < -0.3 is 21.3 Å². The van der Waals surface area contributed by atoms with Gasteiger partial charge in [0, 0.05) is 11.3 Å². The minimum absolute atomic E-state index is 0.0746. The Morgan fingerprint density at radius 2 is 1.75 bits per heavy atom. The number of carbonyl (C=O) groups excluding carboxylic acids is 2. The molecule has 0 aromatic heterocycles. The number of rotatable bonds is 3. The van der Waals surface area contributed by atoms with Crippen LogP contribution in [0.2, 0.25) is 0 Å². The van der Waals surface area contributed by atoms with Gasteiger partial charge in [0.1, 0.15) is 0 Å². The summed E-state index contributed by atoms with van der Waals surface area (Å²) in [6.07, 6.45) is 0. The first-order valence-corrected chi connectivity index (χ1v) is 5.71. The Morgan fingerprint density at radius 3 is 2.45 bits per heavy atom. The summed E-state index contributed by atoms with van der Waals surface area (Å²) in [5.74, 6) is -2.11. The summed E-state index contributed by atoms with van der Waals surface area (Å²) in [6.45, 7) is 0. The molecule has 0 aliphatic carbocycles. The molecule has 0 saturated carbocycles. The fourth-order valence-corrected chi connectivity index (χ4v) is 1.66. The lowest BCUT2D eigenvalue weighted by atomic mass is 10.1. The summed E-state index contributed by atoms with van der Waals surface area (Å²) in [5, 5.41) is 21.4. The number of anilines is 1. The van der Waals surface area contributed by atoms with E-state index in [0.29, 0.717) is 5.69 Å². The van der Waals surface area contributed by atoms with Crippen molar-refractivity contribution in [1.82, 2.24) is 0 Å². The second kappa shape index (κ2) is 5.31. The van der Waals surface area contributed by atoms with Gasteiger partial charge in [0.05, 0.1) is 5.56 Å². The van der Waals surface area contributed by atoms with Crippen molar-refractivity contribution >= 4 is 17.5 Å². The summed E-state index contributed by atoms with van der Waals surface area (Å²) in [5.41, 5.74) is 5.68. The molecule has 2 rings (SSSR count). The monoisotopic (exact) mass is 272 g/mol. The van der Waals surface area contributed by atoms with Crippen molar-refractivity contribution in [3.8, 4) is 11.5 Å². The standard InChI is InChI=1S/C14H12N2O4/c15-13(19)8-3-1-4-9(7-8)16-14(20)10-5-2-6-11(17)12(10)18/h1-7,17-18H,(H2,15,19)(H,16,20). The Morgan fingerprint density at radius 1 is 1.05 bits per heavy atom. The molecule has 0 fully saturated rings. The van der Waals surface area contributed by atoms with Crippen LogP contribution in [0.4, 0.5) is 5.69 Å². The minimum atomic E-state index is -0.611. The molecule has 0 bridgehead atoms. The zero-order valence-electron chi connectivity index (χ0n) is 10.3. The third kappa shape index (κ3) is 2.69. The van der Waals surface area contributed by atoms with E-state index in [2.05, 4.69) is 5.32 Å². The van der Waals surface area contributed by atoms with Crippen LogP contribution in [0.25, 0.3) is 0 Å². The first-order chi connectivity index (χ1) is 9.49. The third-order valence-electron chi connectivity index (χ3n) is 2.66. The molecule has 2 aromatic rings. The number of para-hydroxylation sites is 1. The Hall–Kier alpha value is -3.02. The number of nitrogens with two attached hydrogens (primary N) is 1. The lowest BCUT2D eigenvalue weighted by molar-refractivity contribution is 0.0995. The smallest absolute Gasteiger partial charge is 0.259 e. The summed E-state index contributed by atoms with van der Waals surface area (Å²) >= 11 is 0. The zero-order chi connectivity index (χ0) is 14.7. The number of phenols is 2. The molecule has 0 heterocycles. The number of benzene rings is 2. The average molecular weight is 272 g/mol. The number of hydrogen-bond donors (Lipinski definition) is 4. The van der Waals surface area contributed by atoms with Gasteiger partial charge in [-0.2, -0.15) is 0 Å². The van der Waals surface area contributed by atoms with Crippen LogP contribution < -0.4 is 11.1 Å². The van der Waals surface area contributed by atoms with Crippen molar-refractivity contribution in [1.29, 1.82) is 0 Å². The SMILES string of the molecule is NC(=O)c1cccc(NC(=O)c2cccc(O)c2O)c1. The number of carbonyl (C=O) groups is 2. The third-order valence-corrected chi connectivity index (χ3v) is 2.66. The Balaban J connectivity index is 2.26. The predicted octanol–water partition coefficient (Wildman–Crippen LogP) is 1.45. The summed E-state index contributed by atoms with van der Waals surface area (Å²) in [6, 6.07) is 10.1. The molecular weight excluding hydrogens is 260 g/mol. The average Bonchev–Trinajstić information content (AvgIpc) is 2.42. The van der Waals surface area contributed by atoms with E-state index in [1.165, 1.54) is 30.3 Å². The molecule has 0 spiro atoms. The van der Waals surface area contributed by atoms with E-state index in [-0.39, 0.29) is 16.9 Å². The van der Waals surface area contributed by atoms with Gasteiger partial charge in [0.15, 0.2) is 11.5 Å². The Labute approximate surface area is 114 Å². The van der Waals surface area contributed by atoms with E-state index in [4.69, 9.17) is 5.73 Å². The molecule has 20 heavy (non-hydrogen) atoms. The maximum atomic E-state index is 12.0. The molecule has 0 aliphatic heterocycles. The van der Waals surface area contributed by atoms with E-state index < -0.39 is 17.6 Å². The molecule has 0 unspecified atom stereocenters. The topological polar surface area (TPSA) is 113 Å². The number of phenolic OH excluding ortho intramolecular Hbond substituents is 2. The fourth-order valence-electron chi connectivity index (χ4n) is 1.66. The van der Waals surface area contributed by atoms with E-state index in [1.807, 2.05) is 0 Å². The number of primary amides is 1. The van der Waals surface area contributed by atoms with Crippen LogP contribution in [0, 0.1) is 0 Å². The van der Waals surface area contributed by atoms with Crippen LogP contribution in [0.3, 0.4) is 0 Å². The van der Waals surface area contributed by atoms with Gasteiger partial charge in [-0.3, -0.25) is 9.59 Å². The van der Waals surface area contributed by atoms with Crippen LogP contribution >= 0.6 is 0 Å². The number of nitrogens with one attached hydrogen (secondary N) is 1. The Bertz CT molecular complexity index is 683. The number of hydrogen-bond acceptors (Lipinski definition) is 4. The summed E-state index contributed by atoms with van der Waals surface area (Å²) in [4.78, 5) is 23.0. The maximum absolute atomic E-state index is 12.0. The van der Waals surface area contributed by atoms with Crippen molar-refractivity contribution in [2.75, 3.05) is 5.32 Å². The van der Waals surface area contributed by atoms with Gasteiger partial charge in [0.2, 0.25) is 5.91 Å². The molecule has 0 atom stereocenters. The molecule has 6 nitrogen and oxygen atoms in total. The zero-order valence-corrected chi connectivity index (χ0v) is 10.3. The molecule has 2 amide bonds. The molecular formula is C14H12N2O4. The van der Waals surface area contributed by atoms with E-state index >= 15 is 0 Å². The highest BCUT2D eigenvalue weighted by Crippen LogP contribution is 2.28. The first-order valence-electron chi connectivity index (χ1n) is 5.71. The van der Waals surface area contributed by atoms with Gasteiger partial charge in [-0.05, 0) is 30.3 Å². The molecule has 0 saturated heterocycles. The van der Waals surface area contributed by atoms with Crippen molar-refractivity contribution in [2.24, 2.45) is 5.73 Å². The van der Waals surface area contributed by atoms with E-state index in [1.54, 1.807) is 12.1 Å². The largest absolute Gasteiger partial charge is 0.504 e. The van der Waals surface area contributed by atoms with Crippen molar-refractivity contribution in [3.05, 3.63) is 53.6 Å². The molecule has 0 aliphatic rings. The quantitative estimate of drug-likeness (QED) is 0.633. The predicted molar refractivity (Wildman–Crippen MR) is 72.7 cm³/mol. The van der Waals surface area contributed by atoms with Crippen LogP contribution in [-0.2, 0) is 0 Å². The summed E-state index contributed by atoms with van der Waals surface area (Å²) < 4.78 is 0. The highest BCUT2D eigenvalue weighted by atomic mass is 16.3. The molecule has 2 aromatic carbocycles. The molecule has 102 valence electrons. The lowest BCUT2D eigenvalue weighted by Gasteiger charge is -2.08. The number of amides is 2. The Kier molecular flexibility index (Phi) is 3.56. The van der Waals surface area contributed by atoms with Crippen molar-refractivity contribution < 1.29 is 19.8 Å². The molecule has 5 N–H and O–H groups in total. The second-order valence-electron chi connectivity index (χ2n) is 4.07. The van der Waals surface area contributed by atoms with Gasteiger partial charge in [-0.25, -0.2) is 0 Å². The minimum Gasteiger partial charge on any atom is -0.504 e. The lowest BCUT2D eigenvalue weighted by Crippen LogP contribution is -2.14. The maximum Gasteiger partial charge on any atom is 0.259 e. The van der Waals surface area contributed by atoms with Crippen molar-refractivity contribution in [2.45, 2.75) is 0 Å². The van der Waals surface area contributed by atoms with Crippen LogP contribution in [0.5, 0.6) is 11.5 Å². The van der Waals surface area contributed by atoms with Gasteiger partial charge in [-0.15, -0.1) is 0 Å². The highest BCUT2D eigenvalue weighted by Gasteiger charge is 2.14. The first kappa shape index (κ1) is 13.4. The number of aromatic hydroxyl groups is 2. The normalized spacial score (nSPS) is 10.0. The summed E-state index contributed by atoms with van der Waals surface area (Å²) in [7, 11) is 0. The van der Waals surface area contributed by atoms with Crippen LogP contribution in [0.1, 0.15) is 20.7 Å². The highest BCUT2D eigenvalue weighted by molar-refractivity contribution is 6.07. The second-order valence-corrected chi connectivity index (χ2v) is 4.07. The van der Waals surface area contributed by atoms with Gasteiger partial charge in [0.25, 0.3) is 5.91 Å². The van der Waals surface area contributed by atoms with Crippen LogP contribution in [0.15, 0.2) is 42.5 Å². The fraction of sp³-hybridized carbons (Fsp3) is 0. The van der Waals surface area contributed by atoms with Crippen LogP contribution in [-0.4, -0.2) is 22.0 Å². The van der Waals surface area contributed by atoms with E-state index in [9.17, 15) is 19.8 Å². The molecule has 6 heteroatoms.